The summed E-state index contributed by atoms with van der Waals surface area (Å²) in [7, 11) is -3.46. The van der Waals surface area contributed by atoms with Crippen LogP contribution in [0.3, 0.4) is 0 Å². The van der Waals surface area contributed by atoms with Crippen LogP contribution < -0.4 is 0 Å². The predicted molar refractivity (Wildman–Crippen MR) is 70.8 cm³/mol. The van der Waals surface area contributed by atoms with Gasteiger partial charge in [-0.15, -0.1) is 0 Å². The number of nitrogens with zero attached hydrogens (tertiary/aromatic N) is 2. The maximum absolute atomic E-state index is 12.4. The minimum Gasteiger partial charge on any atom is -0.481 e. The highest BCUT2D eigenvalue weighted by molar-refractivity contribution is 7.86. The van der Waals surface area contributed by atoms with Gasteiger partial charge in [0.25, 0.3) is 10.2 Å². The summed E-state index contributed by atoms with van der Waals surface area (Å²) in [6, 6.07) is 0. The Hall–Kier alpha value is -0.660. The van der Waals surface area contributed by atoms with Gasteiger partial charge in [-0.05, 0) is 25.2 Å². The van der Waals surface area contributed by atoms with Gasteiger partial charge in [0.2, 0.25) is 0 Å². The SMILES string of the molecule is CCC1CCN(S(=O)(=O)N2CCC(C(=O)O)C2)CC1. The molecule has 0 radical (unpaired) electrons. The lowest BCUT2D eigenvalue weighted by Crippen LogP contribution is -2.46. The van der Waals surface area contributed by atoms with Gasteiger partial charge < -0.3 is 5.11 Å². The molecule has 6 nitrogen and oxygen atoms in total. The van der Waals surface area contributed by atoms with Gasteiger partial charge in [0.15, 0.2) is 0 Å². The average molecular weight is 290 g/mol. The molecule has 0 spiro atoms. The van der Waals surface area contributed by atoms with E-state index in [1.165, 1.54) is 8.61 Å². The minimum absolute atomic E-state index is 0.116. The van der Waals surface area contributed by atoms with Gasteiger partial charge in [-0.1, -0.05) is 13.3 Å². The Labute approximate surface area is 114 Å². The van der Waals surface area contributed by atoms with Crippen molar-refractivity contribution in [1.29, 1.82) is 0 Å². The van der Waals surface area contributed by atoms with E-state index in [4.69, 9.17) is 5.11 Å². The Bertz CT molecular complexity index is 429. The van der Waals surface area contributed by atoms with Crippen LogP contribution in [0.5, 0.6) is 0 Å². The first-order chi connectivity index (χ1) is 8.95. The van der Waals surface area contributed by atoms with Crippen molar-refractivity contribution in [1.82, 2.24) is 8.61 Å². The Morgan fingerprint density at radius 3 is 2.21 bits per heavy atom. The number of piperidine rings is 1. The number of hydrogen-bond donors (Lipinski definition) is 1. The highest BCUT2D eigenvalue weighted by Crippen LogP contribution is 2.26. The molecule has 0 saturated carbocycles. The molecule has 0 bridgehead atoms. The molecule has 19 heavy (non-hydrogen) atoms. The maximum atomic E-state index is 12.4. The number of aliphatic carboxylic acids is 1. The van der Waals surface area contributed by atoms with E-state index in [2.05, 4.69) is 6.92 Å². The number of hydrogen-bond acceptors (Lipinski definition) is 3. The molecule has 0 aliphatic carbocycles. The van der Waals surface area contributed by atoms with E-state index in [-0.39, 0.29) is 6.54 Å². The van der Waals surface area contributed by atoms with Crippen LogP contribution in [0.1, 0.15) is 32.6 Å². The maximum Gasteiger partial charge on any atom is 0.307 e. The molecular formula is C12H22N2O4S. The largest absolute Gasteiger partial charge is 0.481 e. The smallest absolute Gasteiger partial charge is 0.307 e. The van der Waals surface area contributed by atoms with E-state index in [9.17, 15) is 13.2 Å². The average Bonchev–Trinajstić information content (AvgIpc) is 2.89. The van der Waals surface area contributed by atoms with Crippen LogP contribution in [0, 0.1) is 11.8 Å². The summed E-state index contributed by atoms with van der Waals surface area (Å²) in [5.41, 5.74) is 0. The third-order valence-electron chi connectivity index (χ3n) is 4.30. The molecular weight excluding hydrogens is 268 g/mol. The molecule has 7 heteroatoms. The molecule has 0 aromatic rings. The molecule has 2 heterocycles. The van der Waals surface area contributed by atoms with Crippen LogP contribution in [0.4, 0.5) is 0 Å². The third-order valence-corrected chi connectivity index (χ3v) is 6.31. The van der Waals surface area contributed by atoms with E-state index in [1.54, 1.807) is 0 Å². The molecule has 2 aliphatic rings. The van der Waals surface area contributed by atoms with Crippen LogP contribution in [0.25, 0.3) is 0 Å². The van der Waals surface area contributed by atoms with Crippen molar-refractivity contribution in [3.05, 3.63) is 0 Å². The molecule has 0 aromatic heterocycles. The van der Waals surface area contributed by atoms with E-state index in [0.29, 0.717) is 32.0 Å². The Balaban J connectivity index is 1.98. The fourth-order valence-corrected chi connectivity index (χ4v) is 4.55. The van der Waals surface area contributed by atoms with Crippen LogP contribution in [-0.4, -0.2) is 54.3 Å². The molecule has 1 atom stereocenters. The predicted octanol–water partition coefficient (Wildman–Crippen LogP) is 0.760. The number of carboxylic acids is 1. The second-order valence-corrected chi connectivity index (χ2v) is 7.37. The van der Waals surface area contributed by atoms with Gasteiger partial charge in [0.1, 0.15) is 0 Å². The second-order valence-electron chi connectivity index (χ2n) is 5.44. The lowest BCUT2D eigenvalue weighted by Gasteiger charge is -2.33. The highest BCUT2D eigenvalue weighted by atomic mass is 32.2. The second kappa shape index (κ2) is 5.76. The highest BCUT2D eigenvalue weighted by Gasteiger charge is 2.39. The number of rotatable bonds is 4. The zero-order valence-corrected chi connectivity index (χ0v) is 12.1. The lowest BCUT2D eigenvalue weighted by molar-refractivity contribution is -0.141. The van der Waals surface area contributed by atoms with Crippen molar-refractivity contribution in [2.75, 3.05) is 26.2 Å². The van der Waals surface area contributed by atoms with Crippen molar-refractivity contribution in [2.24, 2.45) is 11.8 Å². The van der Waals surface area contributed by atoms with Gasteiger partial charge in [0.05, 0.1) is 5.92 Å². The fourth-order valence-electron chi connectivity index (χ4n) is 2.85. The topological polar surface area (TPSA) is 77.9 Å². The lowest BCUT2D eigenvalue weighted by atomic mass is 9.96. The molecule has 2 fully saturated rings. The van der Waals surface area contributed by atoms with E-state index < -0.39 is 22.1 Å². The summed E-state index contributed by atoms with van der Waals surface area (Å²) in [6.07, 6.45) is 3.33. The molecule has 1 N–H and O–H groups in total. The molecule has 0 amide bonds. The first kappa shape index (κ1) is 14.7. The normalized spacial score (nSPS) is 27.7. The van der Waals surface area contributed by atoms with Gasteiger partial charge in [-0.25, -0.2) is 0 Å². The van der Waals surface area contributed by atoms with Crippen LogP contribution >= 0.6 is 0 Å². The van der Waals surface area contributed by atoms with Crippen molar-refractivity contribution >= 4 is 16.2 Å². The zero-order valence-electron chi connectivity index (χ0n) is 11.3. The summed E-state index contributed by atoms with van der Waals surface area (Å²) < 4.78 is 27.7. The quantitative estimate of drug-likeness (QED) is 0.829. The molecule has 2 aliphatic heterocycles. The van der Waals surface area contributed by atoms with Crippen LogP contribution in [0.15, 0.2) is 0 Å². The van der Waals surface area contributed by atoms with Gasteiger partial charge >= 0.3 is 5.97 Å². The molecule has 1 unspecified atom stereocenters. The van der Waals surface area contributed by atoms with Crippen molar-refractivity contribution in [3.63, 3.8) is 0 Å². The van der Waals surface area contributed by atoms with Gasteiger partial charge in [-0.2, -0.15) is 17.0 Å². The van der Waals surface area contributed by atoms with Crippen molar-refractivity contribution in [3.8, 4) is 0 Å². The molecule has 2 rings (SSSR count). The minimum atomic E-state index is -3.46. The zero-order chi connectivity index (χ0) is 14.0. The summed E-state index contributed by atoms with van der Waals surface area (Å²) >= 11 is 0. The van der Waals surface area contributed by atoms with Crippen molar-refractivity contribution < 1.29 is 18.3 Å². The van der Waals surface area contributed by atoms with Gasteiger partial charge in [-0.3, -0.25) is 4.79 Å². The molecule has 0 aromatic carbocycles. The standard InChI is InChI=1S/C12H22N2O4S/c1-2-10-3-6-13(7-4-10)19(17,18)14-8-5-11(9-14)12(15)16/h10-11H,2-9H2,1H3,(H,15,16). The van der Waals surface area contributed by atoms with Gasteiger partial charge in [0, 0.05) is 26.2 Å². The van der Waals surface area contributed by atoms with Crippen LogP contribution in [0.2, 0.25) is 0 Å². The summed E-state index contributed by atoms with van der Waals surface area (Å²) in [6.45, 7) is 3.70. The fraction of sp³-hybridized carbons (Fsp3) is 0.917. The van der Waals surface area contributed by atoms with E-state index >= 15 is 0 Å². The van der Waals surface area contributed by atoms with E-state index in [0.717, 1.165) is 19.3 Å². The third kappa shape index (κ3) is 3.09. The Morgan fingerprint density at radius 2 is 1.74 bits per heavy atom. The van der Waals surface area contributed by atoms with E-state index in [1.807, 2.05) is 0 Å². The molecule has 2 saturated heterocycles. The first-order valence-electron chi connectivity index (χ1n) is 6.93. The van der Waals surface area contributed by atoms with Crippen molar-refractivity contribution in [2.45, 2.75) is 32.6 Å². The first-order valence-corrected chi connectivity index (χ1v) is 8.33. The number of carbonyl (C=O) groups is 1. The summed E-state index contributed by atoms with van der Waals surface area (Å²) in [5, 5.41) is 8.94. The monoisotopic (exact) mass is 290 g/mol. The number of carboxylic acid groups (broad SMARTS) is 1. The van der Waals surface area contributed by atoms with Crippen LogP contribution in [-0.2, 0) is 15.0 Å². The summed E-state index contributed by atoms with van der Waals surface area (Å²) in [5.74, 6) is -0.831. The summed E-state index contributed by atoms with van der Waals surface area (Å²) in [4.78, 5) is 10.9. The Morgan fingerprint density at radius 1 is 1.16 bits per heavy atom. The Kier molecular flexibility index (Phi) is 4.47. The molecule has 110 valence electrons.